The zero-order valence-corrected chi connectivity index (χ0v) is 12.7. The summed E-state index contributed by atoms with van der Waals surface area (Å²) in [6.07, 6.45) is 2.31. The number of hydrogen-bond donors (Lipinski definition) is 0. The molecule has 0 spiro atoms. The van der Waals surface area contributed by atoms with Crippen molar-refractivity contribution >= 4 is 23.3 Å². The van der Waals surface area contributed by atoms with E-state index in [9.17, 15) is 4.79 Å². The normalized spacial score (nSPS) is 14.7. The SMILES string of the molecule is CC.CCC(=O)N1CCN(c2ncccc2Cl)CC1. The largest absolute Gasteiger partial charge is 0.352 e. The highest BCUT2D eigenvalue weighted by Gasteiger charge is 2.21. The van der Waals surface area contributed by atoms with Crippen LogP contribution >= 0.6 is 11.6 Å². The van der Waals surface area contributed by atoms with Crippen molar-refractivity contribution in [3.63, 3.8) is 0 Å². The van der Waals surface area contributed by atoms with Crippen LogP contribution in [0.5, 0.6) is 0 Å². The maximum absolute atomic E-state index is 11.5. The summed E-state index contributed by atoms with van der Waals surface area (Å²) in [6.45, 7) is 8.98. The molecule has 1 aliphatic heterocycles. The van der Waals surface area contributed by atoms with E-state index in [2.05, 4.69) is 9.88 Å². The molecule has 4 nitrogen and oxygen atoms in total. The van der Waals surface area contributed by atoms with Gasteiger partial charge in [0, 0.05) is 38.8 Å². The Labute approximate surface area is 120 Å². The van der Waals surface area contributed by atoms with Crippen molar-refractivity contribution in [2.45, 2.75) is 27.2 Å². The number of halogens is 1. The summed E-state index contributed by atoms with van der Waals surface area (Å²) in [5.41, 5.74) is 0. The molecule has 1 aliphatic rings. The standard InChI is InChI=1S/C12H16ClN3O.C2H6/c1-2-11(17)15-6-8-16(9-7-15)12-10(13)4-3-5-14-12;1-2/h3-5H,2,6-9H2,1H3;1-2H3. The maximum atomic E-state index is 11.5. The molecule has 0 bridgehead atoms. The van der Waals surface area contributed by atoms with Crippen LogP contribution < -0.4 is 4.90 Å². The van der Waals surface area contributed by atoms with Crippen LogP contribution in [0.15, 0.2) is 18.3 Å². The quantitative estimate of drug-likeness (QED) is 0.837. The van der Waals surface area contributed by atoms with E-state index in [0.29, 0.717) is 11.4 Å². The fourth-order valence-corrected chi connectivity index (χ4v) is 2.24. The van der Waals surface area contributed by atoms with Crippen LogP contribution in [0.3, 0.4) is 0 Å². The highest BCUT2D eigenvalue weighted by Crippen LogP contribution is 2.23. The number of carbonyl (C=O) groups is 1. The van der Waals surface area contributed by atoms with E-state index in [1.54, 1.807) is 6.20 Å². The minimum atomic E-state index is 0.219. The number of rotatable bonds is 2. The minimum Gasteiger partial charge on any atom is -0.352 e. The Balaban J connectivity index is 0.000000861. The van der Waals surface area contributed by atoms with E-state index in [-0.39, 0.29) is 5.91 Å². The Morgan fingerprint density at radius 3 is 2.47 bits per heavy atom. The Morgan fingerprint density at radius 2 is 1.95 bits per heavy atom. The molecule has 0 atom stereocenters. The van der Waals surface area contributed by atoms with E-state index < -0.39 is 0 Å². The Hall–Kier alpha value is -1.29. The predicted molar refractivity (Wildman–Crippen MR) is 79.7 cm³/mol. The van der Waals surface area contributed by atoms with Crippen molar-refractivity contribution in [1.82, 2.24) is 9.88 Å². The lowest BCUT2D eigenvalue weighted by Gasteiger charge is -2.35. The molecular formula is C14H22ClN3O. The van der Waals surface area contributed by atoms with Crippen LogP contribution in [0, 0.1) is 0 Å². The minimum absolute atomic E-state index is 0.219. The van der Waals surface area contributed by atoms with Crippen molar-refractivity contribution in [3.8, 4) is 0 Å². The van der Waals surface area contributed by atoms with Gasteiger partial charge in [0.15, 0.2) is 0 Å². The summed E-state index contributed by atoms with van der Waals surface area (Å²) >= 11 is 6.10. The average molecular weight is 284 g/mol. The molecule has 1 aromatic rings. The number of aromatic nitrogens is 1. The van der Waals surface area contributed by atoms with Crippen molar-refractivity contribution in [2.75, 3.05) is 31.1 Å². The van der Waals surface area contributed by atoms with Crippen molar-refractivity contribution < 1.29 is 4.79 Å². The van der Waals surface area contributed by atoms with Crippen molar-refractivity contribution in [2.24, 2.45) is 0 Å². The molecule has 2 heterocycles. The zero-order chi connectivity index (χ0) is 14.3. The third-order valence-electron chi connectivity index (χ3n) is 2.97. The Bertz CT molecular complexity index is 403. The van der Waals surface area contributed by atoms with Gasteiger partial charge in [0.25, 0.3) is 0 Å². The number of carbonyl (C=O) groups excluding carboxylic acids is 1. The van der Waals surface area contributed by atoms with E-state index in [0.717, 1.165) is 32.0 Å². The van der Waals surface area contributed by atoms with Gasteiger partial charge in [0.2, 0.25) is 5.91 Å². The average Bonchev–Trinajstić information content (AvgIpc) is 2.49. The molecule has 0 saturated carbocycles. The number of hydrogen-bond acceptors (Lipinski definition) is 3. The predicted octanol–water partition coefficient (Wildman–Crippen LogP) is 2.82. The molecule has 1 fully saturated rings. The molecule has 1 aromatic heterocycles. The van der Waals surface area contributed by atoms with Crippen LogP contribution in [0.4, 0.5) is 5.82 Å². The summed E-state index contributed by atoms with van der Waals surface area (Å²) in [6, 6.07) is 3.66. The van der Waals surface area contributed by atoms with Gasteiger partial charge in [-0.25, -0.2) is 4.98 Å². The number of anilines is 1. The Kier molecular flexibility index (Phi) is 6.64. The number of piperazine rings is 1. The molecule has 2 rings (SSSR count). The number of nitrogens with zero attached hydrogens (tertiary/aromatic N) is 3. The lowest BCUT2D eigenvalue weighted by Crippen LogP contribution is -2.48. The van der Waals surface area contributed by atoms with Gasteiger partial charge in [-0.1, -0.05) is 32.4 Å². The van der Waals surface area contributed by atoms with Crippen molar-refractivity contribution in [3.05, 3.63) is 23.4 Å². The first-order chi connectivity index (χ1) is 9.22. The van der Waals surface area contributed by atoms with Gasteiger partial charge in [-0.3, -0.25) is 4.79 Å². The zero-order valence-electron chi connectivity index (χ0n) is 11.9. The molecule has 0 aromatic carbocycles. The maximum Gasteiger partial charge on any atom is 0.222 e. The van der Waals surface area contributed by atoms with E-state index in [1.807, 2.05) is 37.8 Å². The lowest BCUT2D eigenvalue weighted by molar-refractivity contribution is -0.131. The van der Waals surface area contributed by atoms with Gasteiger partial charge in [0.05, 0.1) is 5.02 Å². The molecular weight excluding hydrogens is 262 g/mol. The van der Waals surface area contributed by atoms with Crippen LogP contribution in [-0.4, -0.2) is 42.0 Å². The van der Waals surface area contributed by atoms with Gasteiger partial charge < -0.3 is 9.80 Å². The van der Waals surface area contributed by atoms with Crippen LogP contribution in [-0.2, 0) is 4.79 Å². The summed E-state index contributed by atoms with van der Waals surface area (Å²) in [7, 11) is 0. The molecule has 0 radical (unpaired) electrons. The van der Waals surface area contributed by atoms with Crippen LogP contribution in [0.2, 0.25) is 5.02 Å². The molecule has 19 heavy (non-hydrogen) atoms. The molecule has 0 unspecified atom stereocenters. The molecule has 1 amide bonds. The van der Waals surface area contributed by atoms with Crippen LogP contribution in [0.25, 0.3) is 0 Å². The smallest absolute Gasteiger partial charge is 0.222 e. The monoisotopic (exact) mass is 283 g/mol. The molecule has 0 N–H and O–H groups in total. The van der Waals surface area contributed by atoms with Gasteiger partial charge in [-0.15, -0.1) is 0 Å². The van der Waals surface area contributed by atoms with E-state index >= 15 is 0 Å². The van der Waals surface area contributed by atoms with Gasteiger partial charge in [-0.2, -0.15) is 0 Å². The molecule has 106 valence electrons. The van der Waals surface area contributed by atoms with E-state index in [1.165, 1.54) is 0 Å². The first-order valence-electron chi connectivity index (χ1n) is 6.85. The number of amides is 1. The lowest BCUT2D eigenvalue weighted by atomic mass is 10.3. The van der Waals surface area contributed by atoms with E-state index in [4.69, 9.17) is 11.6 Å². The fraction of sp³-hybridized carbons (Fsp3) is 0.571. The van der Waals surface area contributed by atoms with Gasteiger partial charge in [-0.05, 0) is 12.1 Å². The van der Waals surface area contributed by atoms with Gasteiger partial charge >= 0.3 is 0 Å². The second kappa shape index (κ2) is 8.00. The molecule has 5 heteroatoms. The summed E-state index contributed by atoms with van der Waals surface area (Å²) in [5.74, 6) is 1.04. The van der Waals surface area contributed by atoms with Gasteiger partial charge in [0.1, 0.15) is 5.82 Å². The third kappa shape index (κ3) is 4.10. The first-order valence-corrected chi connectivity index (χ1v) is 7.23. The Morgan fingerprint density at radius 1 is 1.32 bits per heavy atom. The first kappa shape index (κ1) is 15.8. The third-order valence-corrected chi connectivity index (χ3v) is 3.27. The second-order valence-corrected chi connectivity index (χ2v) is 4.44. The number of pyridine rings is 1. The molecule has 0 aliphatic carbocycles. The topological polar surface area (TPSA) is 36.4 Å². The second-order valence-electron chi connectivity index (χ2n) is 4.03. The fourth-order valence-electron chi connectivity index (χ4n) is 2.00. The molecule has 1 saturated heterocycles. The van der Waals surface area contributed by atoms with Crippen LogP contribution in [0.1, 0.15) is 27.2 Å². The summed E-state index contributed by atoms with van der Waals surface area (Å²) < 4.78 is 0. The highest BCUT2D eigenvalue weighted by molar-refractivity contribution is 6.32. The highest BCUT2D eigenvalue weighted by atomic mass is 35.5. The summed E-state index contributed by atoms with van der Waals surface area (Å²) in [4.78, 5) is 19.8. The summed E-state index contributed by atoms with van der Waals surface area (Å²) in [5, 5.41) is 0.669. The van der Waals surface area contributed by atoms with Crippen molar-refractivity contribution in [1.29, 1.82) is 0 Å².